The molecule has 2 aromatic heterocycles. The second-order valence-corrected chi connectivity index (χ2v) is 3.85. The lowest BCUT2D eigenvalue weighted by Gasteiger charge is -2.03. The van der Waals surface area contributed by atoms with Crippen molar-refractivity contribution in [1.29, 1.82) is 0 Å². The zero-order valence-corrected chi connectivity index (χ0v) is 10.4. The van der Waals surface area contributed by atoms with Gasteiger partial charge < -0.3 is 9.84 Å². The van der Waals surface area contributed by atoms with E-state index in [2.05, 4.69) is 25.7 Å². The van der Waals surface area contributed by atoms with E-state index in [0.717, 1.165) is 5.82 Å². The summed E-state index contributed by atoms with van der Waals surface area (Å²) in [5.41, 5.74) is 1.22. The SMILES string of the molecule is CCc1noc(C)c1C(=O)NCCc1ncn[nH]1. The summed E-state index contributed by atoms with van der Waals surface area (Å²) < 4.78 is 5.02. The lowest BCUT2D eigenvalue weighted by atomic mass is 10.1. The minimum atomic E-state index is -0.162. The molecular weight excluding hydrogens is 234 g/mol. The second-order valence-electron chi connectivity index (χ2n) is 3.85. The number of hydrogen-bond acceptors (Lipinski definition) is 5. The first-order valence-electron chi connectivity index (χ1n) is 5.80. The molecule has 0 aromatic carbocycles. The molecule has 0 aliphatic carbocycles. The van der Waals surface area contributed by atoms with E-state index < -0.39 is 0 Å². The standard InChI is InChI=1S/C11H15N5O2/c1-3-8-10(7(2)18-16-8)11(17)12-5-4-9-13-6-14-15-9/h6H,3-5H2,1-2H3,(H,12,17)(H,13,14,15). The fraction of sp³-hybridized carbons (Fsp3) is 0.455. The summed E-state index contributed by atoms with van der Waals surface area (Å²) in [7, 11) is 0. The lowest BCUT2D eigenvalue weighted by Crippen LogP contribution is -2.27. The van der Waals surface area contributed by atoms with Crippen molar-refractivity contribution in [1.82, 2.24) is 25.7 Å². The molecule has 2 N–H and O–H groups in total. The van der Waals surface area contributed by atoms with Crippen LogP contribution in [0.3, 0.4) is 0 Å². The zero-order valence-electron chi connectivity index (χ0n) is 10.4. The molecule has 2 rings (SSSR count). The quantitative estimate of drug-likeness (QED) is 0.810. The summed E-state index contributed by atoms with van der Waals surface area (Å²) in [6.07, 6.45) is 2.72. The highest BCUT2D eigenvalue weighted by Crippen LogP contribution is 2.13. The van der Waals surface area contributed by atoms with E-state index in [1.54, 1.807) is 6.92 Å². The summed E-state index contributed by atoms with van der Waals surface area (Å²) in [6, 6.07) is 0. The Kier molecular flexibility index (Phi) is 3.71. The Labute approximate surface area is 104 Å². The van der Waals surface area contributed by atoms with Crippen LogP contribution in [0.15, 0.2) is 10.9 Å². The van der Waals surface area contributed by atoms with Crippen LogP contribution < -0.4 is 5.32 Å². The number of carbonyl (C=O) groups is 1. The molecule has 0 atom stereocenters. The van der Waals surface area contributed by atoms with Gasteiger partial charge in [-0.25, -0.2) is 4.98 Å². The van der Waals surface area contributed by atoms with Gasteiger partial charge in [-0.3, -0.25) is 9.89 Å². The van der Waals surface area contributed by atoms with Gasteiger partial charge in [0.1, 0.15) is 23.5 Å². The van der Waals surface area contributed by atoms with Crippen molar-refractivity contribution in [3.63, 3.8) is 0 Å². The highest BCUT2D eigenvalue weighted by molar-refractivity contribution is 5.96. The third-order valence-corrected chi connectivity index (χ3v) is 2.61. The molecule has 0 saturated carbocycles. The zero-order chi connectivity index (χ0) is 13.0. The number of H-pyrrole nitrogens is 1. The second kappa shape index (κ2) is 5.44. The van der Waals surface area contributed by atoms with Crippen LogP contribution in [0.1, 0.15) is 34.6 Å². The van der Waals surface area contributed by atoms with Gasteiger partial charge in [0.05, 0.1) is 5.69 Å². The predicted octanol–water partition coefficient (Wildman–Crippen LogP) is 0.636. The molecule has 0 aliphatic rings. The average molecular weight is 249 g/mol. The van der Waals surface area contributed by atoms with Gasteiger partial charge in [0.2, 0.25) is 0 Å². The number of hydrogen-bond donors (Lipinski definition) is 2. The number of nitrogens with one attached hydrogen (secondary N) is 2. The molecule has 0 bridgehead atoms. The maximum Gasteiger partial charge on any atom is 0.256 e. The van der Waals surface area contributed by atoms with Gasteiger partial charge in [-0.15, -0.1) is 0 Å². The normalized spacial score (nSPS) is 10.6. The van der Waals surface area contributed by atoms with Gasteiger partial charge >= 0.3 is 0 Å². The fourth-order valence-electron chi connectivity index (χ4n) is 1.68. The van der Waals surface area contributed by atoms with Gasteiger partial charge in [0, 0.05) is 13.0 Å². The van der Waals surface area contributed by atoms with Crippen molar-refractivity contribution in [3.05, 3.63) is 29.2 Å². The molecule has 0 spiro atoms. The van der Waals surface area contributed by atoms with E-state index in [1.807, 2.05) is 6.92 Å². The Balaban J connectivity index is 1.93. The van der Waals surface area contributed by atoms with Crippen molar-refractivity contribution in [3.8, 4) is 0 Å². The first-order chi connectivity index (χ1) is 8.72. The van der Waals surface area contributed by atoms with Crippen LogP contribution in [0.5, 0.6) is 0 Å². The van der Waals surface area contributed by atoms with E-state index in [1.165, 1.54) is 6.33 Å². The summed E-state index contributed by atoms with van der Waals surface area (Å²) in [4.78, 5) is 16.0. The van der Waals surface area contributed by atoms with Crippen LogP contribution in [0.4, 0.5) is 0 Å². The number of amides is 1. The van der Waals surface area contributed by atoms with Gasteiger partial charge in [-0.2, -0.15) is 5.10 Å². The number of nitrogens with zero attached hydrogens (tertiary/aromatic N) is 3. The van der Waals surface area contributed by atoms with E-state index in [-0.39, 0.29) is 5.91 Å². The number of rotatable bonds is 5. The lowest BCUT2D eigenvalue weighted by molar-refractivity contribution is 0.0951. The van der Waals surface area contributed by atoms with Crippen LogP contribution in [0.25, 0.3) is 0 Å². The van der Waals surface area contributed by atoms with Crippen LogP contribution in [0, 0.1) is 6.92 Å². The van der Waals surface area contributed by atoms with Gasteiger partial charge in [0.25, 0.3) is 5.91 Å². The van der Waals surface area contributed by atoms with Crippen molar-refractivity contribution < 1.29 is 9.32 Å². The third-order valence-electron chi connectivity index (χ3n) is 2.61. The maximum absolute atomic E-state index is 12.0. The van der Waals surface area contributed by atoms with E-state index in [0.29, 0.717) is 36.4 Å². The number of aromatic amines is 1. The largest absolute Gasteiger partial charge is 0.361 e. The highest BCUT2D eigenvalue weighted by Gasteiger charge is 2.18. The molecule has 2 heterocycles. The maximum atomic E-state index is 12.0. The van der Waals surface area contributed by atoms with Crippen LogP contribution >= 0.6 is 0 Å². The molecule has 0 unspecified atom stereocenters. The van der Waals surface area contributed by atoms with Crippen molar-refractivity contribution in [2.75, 3.05) is 6.54 Å². The molecule has 18 heavy (non-hydrogen) atoms. The van der Waals surface area contributed by atoms with Gasteiger partial charge in [0.15, 0.2) is 0 Å². The molecule has 0 radical (unpaired) electrons. The Hall–Kier alpha value is -2.18. The van der Waals surface area contributed by atoms with Crippen LogP contribution in [-0.2, 0) is 12.8 Å². The molecule has 2 aromatic rings. The Bertz CT molecular complexity index is 518. The number of aryl methyl sites for hydroxylation is 2. The average Bonchev–Trinajstić information content (AvgIpc) is 2.98. The molecule has 0 aliphatic heterocycles. The molecule has 7 nitrogen and oxygen atoms in total. The molecule has 7 heteroatoms. The summed E-state index contributed by atoms with van der Waals surface area (Å²) >= 11 is 0. The molecule has 96 valence electrons. The first kappa shape index (κ1) is 12.3. The monoisotopic (exact) mass is 249 g/mol. The fourth-order valence-corrected chi connectivity index (χ4v) is 1.68. The van der Waals surface area contributed by atoms with Gasteiger partial charge in [-0.05, 0) is 13.3 Å². The molecule has 0 fully saturated rings. The number of aromatic nitrogens is 4. The van der Waals surface area contributed by atoms with Crippen LogP contribution in [0.2, 0.25) is 0 Å². The minimum Gasteiger partial charge on any atom is -0.361 e. The van der Waals surface area contributed by atoms with Crippen molar-refractivity contribution in [2.24, 2.45) is 0 Å². The summed E-state index contributed by atoms with van der Waals surface area (Å²) in [5, 5.41) is 13.1. The van der Waals surface area contributed by atoms with Crippen molar-refractivity contribution in [2.45, 2.75) is 26.7 Å². The Morgan fingerprint density at radius 1 is 1.56 bits per heavy atom. The Morgan fingerprint density at radius 2 is 2.39 bits per heavy atom. The highest BCUT2D eigenvalue weighted by atomic mass is 16.5. The minimum absolute atomic E-state index is 0.162. The topological polar surface area (TPSA) is 96.7 Å². The molecule has 0 saturated heterocycles. The van der Waals surface area contributed by atoms with E-state index in [9.17, 15) is 4.79 Å². The summed E-state index contributed by atoms with van der Waals surface area (Å²) in [6.45, 7) is 4.15. The predicted molar refractivity (Wildman–Crippen MR) is 63.0 cm³/mol. The first-order valence-corrected chi connectivity index (χ1v) is 5.80. The van der Waals surface area contributed by atoms with E-state index >= 15 is 0 Å². The summed E-state index contributed by atoms with van der Waals surface area (Å²) in [5.74, 6) is 1.13. The molecule has 1 amide bonds. The van der Waals surface area contributed by atoms with Gasteiger partial charge in [-0.1, -0.05) is 12.1 Å². The third kappa shape index (κ3) is 2.55. The van der Waals surface area contributed by atoms with E-state index in [4.69, 9.17) is 4.52 Å². The smallest absolute Gasteiger partial charge is 0.256 e. The number of carbonyl (C=O) groups excluding carboxylic acids is 1. The molecular formula is C11H15N5O2. The Morgan fingerprint density at radius 3 is 3.06 bits per heavy atom. The van der Waals surface area contributed by atoms with Crippen molar-refractivity contribution >= 4 is 5.91 Å². The van der Waals surface area contributed by atoms with Crippen LogP contribution in [-0.4, -0.2) is 32.8 Å².